The Labute approximate surface area is 201 Å². The van der Waals surface area contributed by atoms with Crippen molar-refractivity contribution in [1.82, 2.24) is 0 Å². The summed E-state index contributed by atoms with van der Waals surface area (Å²) in [5.41, 5.74) is 2.58. The molecular weight excluding hydrogens is 434 g/mol. The summed E-state index contributed by atoms with van der Waals surface area (Å²) < 4.78 is 10.9. The smallest absolute Gasteiger partial charge is 0.341 e. The summed E-state index contributed by atoms with van der Waals surface area (Å²) in [4.78, 5) is 26.5. The summed E-state index contributed by atoms with van der Waals surface area (Å²) in [6.07, 6.45) is 8.04. The zero-order valence-electron chi connectivity index (χ0n) is 20.3. The first kappa shape index (κ1) is 25.0. The monoisotopic (exact) mass is 469 g/mol. The van der Waals surface area contributed by atoms with Gasteiger partial charge in [0.05, 0.1) is 19.3 Å². The molecule has 1 aliphatic rings. The third-order valence-corrected chi connectivity index (χ3v) is 7.37. The lowest BCUT2D eigenvalue weighted by Crippen LogP contribution is -2.26. The van der Waals surface area contributed by atoms with E-state index in [1.807, 2.05) is 24.3 Å². The number of amides is 1. The molecule has 1 heterocycles. The number of nitrogens with one attached hydrogen (secondary N) is 1. The van der Waals surface area contributed by atoms with Crippen LogP contribution in [0.5, 0.6) is 5.75 Å². The molecule has 0 saturated heterocycles. The molecule has 1 unspecified atom stereocenters. The number of carbonyl (C=O) groups is 2. The van der Waals surface area contributed by atoms with E-state index in [0.29, 0.717) is 23.1 Å². The van der Waals surface area contributed by atoms with Crippen molar-refractivity contribution in [2.24, 2.45) is 11.3 Å². The molecule has 0 spiro atoms. The van der Waals surface area contributed by atoms with E-state index < -0.39 is 5.97 Å². The number of thiophene rings is 1. The van der Waals surface area contributed by atoms with Crippen LogP contribution in [-0.2, 0) is 22.4 Å². The highest BCUT2D eigenvalue weighted by Gasteiger charge is 2.34. The third-order valence-electron chi connectivity index (χ3n) is 6.21. The molecule has 178 valence electrons. The van der Waals surface area contributed by atoms with Gasteiger partial charge in [-0.25, -0.2) is 4.79 Å². The molecule has 1 aliphatic carbocycles. The average Bonchev–Trinajstić information content (AvgIpc) is 3.14. The largest absolute Gasteiger partial charge is 0.493 e. The number of hydrogen-bond donors (Lipinski definition) is 1. The van der Waals surface area contributed by atoms with E-state index in [4.69, 9.17) is 9.47 Å². The van der Waals surface area contributed by atoms with E-state index in [9.17, 15) is 9.59 Å². The minimum absolute atomic E-state index is 0.200. The molecule has 6 heteroatoms. The van der Waals surface area contributed by atoms with Crippen LogP contribution >= 0.6 is 11.3 Å². The second-order valence-corrected chi connectivity index (χ2v) is 10.7. The van der Waals surface area contributed by atoms with Gasteiger partial charge in [-0.3, -0.25) is 4.79 Å². The lowest BCUT2D eigenvalue weighted by molar-refractivity contribution is -0.111. The molecule has 1 aromatic carbocycles. The van der Waals surface area contributed by atoms with Gasteiger partial charge in [-0.2, -0.15) is 0 Å². The molecule has 0 fully saturated rings. The molecule has 5 nitrogen and oxygen atoms in total. The molecule has 1 aromatic heterocycles. The summed E-state index contributed by atoms with van der Waals surface area (Å²) in [6, 6.07) is 7.66. The van der Waals surface area contributed by atoms with Crippen LogP contribution in [0.4, 0.5) is 5.00 Å². The van der Waals surface area contributed by atoms with Gasteiger partial charge >= 0.3 is 5.97 Å². The molecule has 2 aromatic rings. The molecule has 0 bridgehead atoms. The first-order valence-electron chi connectivity index (χ1n) is 11.7. The Hall–Kier alpha value is -2.60. The summed E-state index contributed by atoms with van der Waals surface area (Å²) in [7, 11) is 1.38. The fraction of sp³-hybridized carbons (Fsp3) is 0.481. The van der Waals surface area contributed by atoms with Gasteiger partial charge in [0.25, 0.3) is 0 Å². The third kappa shape index (κ3) is 6.26. The molecule has 0 radical (unpaired) electrons. The Morgan fingerprint density at radius 2 is 2.00 bits per heavy atom. The number of unbranched alkanes of at least 4 members (excludes halogenated alkanes) is 1. The quantitative estimate of drug-likeness (QED) is 0.272. The van der Waals surface area contributed by atoms with Crippen LogP contribution in [0.25, 0.3) is 6.08 Å². The van der Waals surface area contributed by atoms with Crippen molar-refractivity contribution < 1.29 is 19.1 Å². The summed E-state index contributed by atoms with van der Waals surface area (Å²) in [5.74, 6) is 0.622. The molecule has 1 amide bonds. The van der Waals surface area contributed by atoms with Gasteiger partial charge < -0.3 is 14.8 Å². The van der Waals surface area contributed by atoms with Gasteiger partial charge in [0.2, 0.25) is 5.91 Å². The lowest BCUT2D eigenvalue weighted by atomic mass is 9.72. The van der Waals surface area contributed by atoms with Gasteiger partial charge in [-0.15, -0.1) is 11.3 Å². The highest BCUT2D eigenvalue weighted by Crippen LogP contribution is 2.44. The van der Waals surface area contributed by atoms with Gasteiger partial charge in [-0.05, 0) is 54.7 Å². The van der Waals surface area contributed by atoms with E-state index >= 15 is 0 Å². The number of anilines is 1. The number of para-hydroxylation sites is 1. The van der Waals surface area contributed by atoms with Crippen LogP contribution < -0.4 is 10.1 Å². The van der Waals surface area contributed by atoms with Crippen LogP contribution in [0, 0.1) is 11.3 Å². The van der Waals surface area contributed by atoms with Crippen LogP contribution in [0.15, 0.2) is 30.3 Å². The van der Waals surface area contributed by atoms with Gasteiger partial charge in [0, 0.05) is 16.5 Å². The van der Waals surface area contributed by atoms with E-state index in [1.54, 1.807) is 6.08 Å². The standard InChI is InChI=1S/C27H35NO4S/c1-6-7-16-32-21-11-9-8-10-18(21)12-15-23(29)28-25-24(26(30)31-5)20-14-13-19(27(2,3)4)17-22(20)33-25/h8-12,15,19H,6-7,13-14,16-17H2,1-5H3,(H,28,29)/b15-12+. The van der Waals surface area contributed by atoms with Gasteiger partial charge in [-0.1, -0.05) is 52.3 Å². The van der Waals surface area contributed by atoms with Crippen LogP contribution in [0.3, 0.4) is 0 Å². The number of ether oxygens (including phenoxy) is 2. The Morgan fingerprint density at radius 1 is 1.24 bits per heavy atom. The number of rotatable bonds is 8. The Bertz CT molecular complexity index is 1020. The zero-order chi connectivity index (χ0) is 24.0. The fourth-order valence-electron chi connectivity index (χ4n) is 4.13. The molecule has 33 heavy (non-hydrogen) atoms. The van der Waals surface area contributed by atoms with Crippen LogP contribution in [0.2, 0.25) is 0 Å². The van der Waals surface area contributed by atoms with Crippen molar-refractivity contribution >= 4 is 34.3 Å². The van der Waals surface area contributed by atoms with E-state index in [1.165, 1.54) is 29.4 Å². The Kier molecular flexibility index (Phi) is 8.35. The average molecular weight is 470 g/mol. The van der Waals surface area contributed by atoms with Crippen LogP contribution in [-0.4, -0.2) is 25.6 Å². The highest BCUT2D eigenvalue weighted by atomic mass is 32.1. The first-order chi connectivity index (χ1) is 15.7. The second kappa shape index (κ2) is 11.0. The molecular formula is C27H35NO4S. The van der Waals surface area contributed by atoms with Gasteiger partial charge in [0.1, 0.15) is 10.8 Å². The normalized spacial score (nSPS) is 15.8. The Morgan fingerprint density at radius 3 is 2.70 bits per heavy atom. The van der Waals surface area contributed by atoms with E-state index in [-0.39, 0.29) is 11.3 Å². The predicted octanol–water partition coefficient (Wildman–Crippen LogP) is 6.52. The lowest BCUT2D eigenvalue weighted by Gasteiger charge is -2.33. The number of carbonyl (C=O) groups excluding carboxylic acids is 2. The van der Waals surface area contributed by atoms with Crippen molar-refractivity contribution in [1.29, 1.82) is 0 Å². The maximum absolute atomic E-state index is 12.8. The fourth-order valence-corrected chi connectivity index (χ4v) is 5.44. The van der Waals surface area contributed by atoms with Crippen molar-refractivity contribution in [3.05, 3.63) is 51.9 Å². The Balaban J connectivity index is 1.79. The topological polar surface area (TPSA) is 64.6 Å². The number of fused-ring (bicyclic) bond motifs is 1. The summed E-state index contributed by atoms with van der Waals surface area (Å²) in [6.45, 7) is 9.54. The predicted molar refractivity (Wildman–Crippen MR) is 135 cm³/mol. The molecule has 1 atom stereocenters. The second-order valence-electron chi connectivity index (χ2n) is 9.57. The zero-order valence-corrected chi connectivity index (χ0v) is 21.1. The first-order valence-corrected chi connectivity index (χ1v) is 12.5. The highest BCUT2D eigenvalue weighted by molar-refractivity contribution is 7.17. The van der Waals surface area contributed by atoms with E-state index in [0.717, 1.165) is 49.0 Å². The maximum Gasteiger partial charge on any atom is 0.341 e. The van der Waals surface area contributed by atoms with Gasteiger partial charge in [0.15, 0.2) is 0 Å². The molecule has 0 saturated carbocycles. The van der Waals surface area contributed by atoms with Crippen LogP contribution in [0.1, 0.15) is 73.3 Å². The molecule has 3 rings (SSSR count). The van der Waals surface area contributed by atoms with E-state index in [2.05, 4.69) is 33.0 Å². The number of hydrogen-bond acceptors (Lipinski definition) is 5. The summed E-state index contributed by atoms with van der Waals surface area (Å²) in [5, 5.41) is 3.50. The number of benzene rings is 1. The number of methoxy groups -OCH3 is 1. The van der Waals surface area contributed by atoms with Crippen molar-refractivity contribution in [2.75, 3.05) is 19.0 Å². The minimum Gasteiger partial charge on any atom is -0.493 e. The summed E-state index contributed by atoms with van der Waals surface area (Å²) >= 11 is 1.50. The van der Waals surface area contributed by atoms with Crippen molar-refractivity contribution in [3.63, 3.8) is 0 Å². The molecule has 0 aliphatic heterocycles. The van der Waals surface area contributed by atoms with Crippen molar-refractivity contribution in [2.45, 2.75) is 59.8 Å². The van der Waals surface area contributed by atoms with Crippen molar-refractivity contribution in [3.8, 4) is 5.75 Å². The molecule has 1 N–H and O–H groups in total. The SMILES string of the molecule is CCCCOc1ccccc1/C=C/C(=O)Nc1sc2c(c1C(=O)OC)CCC(C(C)(C)C)C2. The maximum atomic E-state index is 12.8. The minimum atomic E-state index is -0.393. The number of esters is 1.